The number of carbonyl (C=O) groups is 2. The fourth-order valence-corrected chi connectivity index (χ4v) is 2.01. The predicted octanol–water partition coefficient (Wildman–Crippen LogP) is 3.02. The minimum atomic E-state index is -0.578. The number of methoxy groups -OCH3 is 1. The van der Waals surface area contributed by atoms with Crippen LogP contribution < -0.4 is 5.32 Å². The molecular weight excluding hydrogens is 278 g/mol. The molecule has 0 saturated carbocycles. The molecule has 1 N–H and O–H groups in total. The molecule has 2 aromatic carbocycles. The summed E-state index contributed by atoms with van der Waals surface area (Å²) in [6.07, 6.45) is 0. The van der Waals surface area contributed by atoms with Gasteiger partial charge >= 0.3 is 5.97 Å². The largest absolute Gasteiger partial charge is 0.464 e. The molecule has 1 amide bonds. The summed E-state index contributed by atoms with van der Waals surface area (Å²) in [6, 6.07) is 18.1. The summed E-state index contributed by atoms with van der Waals surface area (Å²) in [5.74, 6) is -0.929. The molecule has 0 aliphatic heterocycles. The molecule has 0 bridgehead atoms. The van der Waals surface area contributed by atoms with Crippen molar-refractivity contribution in [3.05, 3.63) is 77.5 Å². The first-order valence-corrected chi connectivity index (χ1v) is 6.84. The third-order valence-electron chi connectivity index (χ3n) is 3.25. The first-order valence-electron chi connectivity index (χ1n) is 6.84. The van der Waals surface area contributed by atoms with E-state index in [1.807, 2.05) is 36.4 Å². The second-order valence-corrected chi connectivity index (χ2v) is 4.68. The van der Waals surface area contributed by atoms with Crippen LogP contribution in [-0.4, -0.2) is 19.0 Å². The lowest BCUT2D eigenvalue weighted by Crippen LogP contribution is -2.29. The summed E-state index contributed by atoms with van der Waals surface area (Å²) in [5.41, 5.74) is 2.11. The zero-order chi connectivity index (χ0) is 15.9. The lowest BCUT2D eigenvalue weighted by Gasteiger charge is -2.12. The number of amides is 1. The molecular formula is C18H17NO3. The van der Waals surface area contributed by atoms with E-state index in [1.165, 1.54) is 7.11 Å². The molecule has 2 aromatic rings. The van der Waals surface area contributed by atoms with Crippen molar-refractivity contribution >= 4 is 17.4 Å². The highest BCUT2D eigenvalue weighted by Gasteiger charge is 2.18. The maximum absolute atomic E-state index is 12.3. The Morgan fingerprint density at radius 1 is 0.864 bits per heavy atom. The molecule has 22 heavy (non-hydrogen) atoms. The van der Waals surface area contributed by atoms with Crippen LogP contribution in [-0.2, 0) is 9.53 Å². The fraction of sp³-hybridized carbons (Fsp3) is 0.111. The molecule has 0 aliphatic rings. The molecule has 112 valence electrons. The van der Waals surface area contributed by atoms with Crippen LogP contribution in [0.3, 0.4) is 0 Å². The number of allylic oxidation sites excluding steroid dienone is 1. The highest BCUT2D eigenvalue weighted by Crippen LogP contribution is 2.17. The van der Waals surface area contributed by atoms with E-state index >= 15 is 0 Å². The summed E-state index contributed by atoms with van der Waals surface area (Å²) >= 11 is 0. The van der Waals surface area contributed by atoms with Crippen molar-refractivity contribution in [2.45, 2.75) is 6.92 Å². The van der Waals surface area contributed by atoms with Gasteiger partial charge < -0.3 is 10.1 Å². The Bertz CT molecular complexity index is 691. The zero-order valence-corrected chi connectivity index (χ0v) is 12.5. The maximum Gasteiger partial charge on any atom is 0.354 e. The standard InChI is InChI=1S/C18H17NO3/c1-13(14-9-5-3-6-10-14)16(18(21)22-2)19-17(20)15-11-7-4-8-12-15/h3-12H,1-2H3,(H,19,20). The van der Waals surface area contributed by atoms with Gasteiger partial charge in [0.2, 0.25) is 0 Å². The number of benzene rings is 2. The highest BCUT2D eigenvalue weighted by atomic mass is 16.5. The molecule has 0 radical (unpaired) electrons. The summed E-state index contributed by atoms with van der Waals surface area (Å²) in [5, 5.41) is 2.65. The topological polar surface area (TPSA) is 55.4 Å². The number of hydrogen-bond acceptors (Lipinski definition) is 3. The minimum absolute atomic E-state index is 0.141. The Morgan fingerprint density at radius 2 is 1.36 bits per heavy atom. The number of rotatable bonds is 4. The first kappa shape index (κ1) is 15.5. The lowest BCUT2D eigenvalue weighted by atomic mass is 10.1. The van der Waals surface area contributed by atoms with Crippen LogP contribution in [0.2, 0.25) is 0 Å². The van der Waals surface area contributed by atoms with Gasteiger partial charge in [0.15, 0.2) is 0 Å². The van der Waals surface area contributed by atoms with Crippen LogP contribution in [0.15, 0.2) is 66.4 Å². The van der Waals surface area contributed by atoms with Crippen LogP contribution in [0, 0.1) is 0 Å². The number of nitrogens with one attached hydrogen (secondary N) is 1. The Labute approximate surface area is 129 Å². The van der Waals surface area contributed by atoms with Crippen LogP contribution in [0.25, 0.3) is 5.57 Å². The normalized spacial score (nSPS) is 11.4. The molecule has 0 saturated heterocycles. The molecule has 0 atom stereocenters. The van der Waals surface area contributed by atoms with Gasteiger partial charge in [-0.25, -0.2) is 4.79 Å². The van der Waals surface area contributed by atoms with E-state index in [1.54, 1.807) is 31.2 Å². The Morgan fingerprint density at radius 3 is 1.86 bits per heavy atom. The number of hydrogen-bond donors (Lipinski definition) is 1. The summed E-state index contributed by atoms with van der Waals surface area (Å²) in [7, 11) is 1.29. The predicted molar refractivity (Wildman–Crippen MR) is 85.0 cm³/mol. The van der Waals surface area contributed by atoms with Crippen molar-refractivity contribution in [2.24, 2.45) is 0 Å². The first-order chi connectivity index (χ1) is 10.6. The van der Waals surface area contributed by atoms with Crippen molar-refractivity contribution in [2.75, 3.05) is 7.11 Å². The highest BCUT2D eigenvalue weighted by molar-refractivity contribution is 6.05. The molecule has 4 nitrogen and oxygen atoms in total. The Balaban J connectivity index is 2.35. The number of esters is 1. The fourth-order valence-electron chi connectivity index (χ4n) is 2.01. The lowest BCUT2D eigenvalue weighted by molar-refractivity contribution is -0.136. The Kier molecular flexibility index (Phi) is 5.09. The van der Waals surface area contributed by atoms with Gasteiger partial charge in [0.1, 0.15) is 5.70 Å². The summed E-state index contributed by atoms with van der Waals surface area (Å²) < 4.78 is 4.78. The van der Waals surface area contributed by atoms with E-state index < -0.39 is 5.97 Å². The average molecular weight is 295 g/mol. The van der Waals surface area contributed by atoms with Gasteiger partial charge in [-0.15, -0.1) is 0 Å². The smallest absolute Gasteiger partial charge is 0.354 e. The number of carbonyl (C=O) groups excluding carboxylic acids is 2. The van der Waals surface area contributed by atoms with Crippen molar-refractivity contribution in [1.82, 2.24) is 5.32 Å². The van der Waals surface area contributed by atoms with E-state index in [4.69, 9.17) is 4.74 Å². The SMILES string of the molecule is COC(=O)C(NC(=O)c1ccccc1)=C(C)c1ccccc1. The van der Waals surface area contributed by atoms with Gasteiger partial charge in [-0.3, -0.25) is 4.79 Å². The molecule has 0 unspecified atom stereocenters. The van der Waals surface area contributed by atoms with E-state index in [-0.39, 0.29) is 11.6 Å². The van der Waals surface area contributed by atoms with E-state index in [0.717, 1.165) is 5.56 Å². The number of ether oxygens (including phenoxy) is 1. The third kappa shape index (κ3) is 3.61. The van der Waals surface area contributed by atoms with Crippen LogP contribution >= 0.6 is 0 Å². The average Bonchev–Trinajstić information content (AvgIpc) is 2.59. The monoisotopic (exact) mass is 295 g/mol. The van der Waals surface area contributed by atoms with E-state index in [9.17, 15) is 9.59 Å². The zero-order valence-electron chi connectivity index (χ0n) is 12.5. The second-order valence-electron chi connectivity index (χ2n) is 4.68. The summed E-state index contributed by atoms with van der Waals surface area (Å²) in [6.45, 7) is 1.77. The molecule has 4 heteroatoms. The second kappa shape index (κ2) is 7.22. The van der Waals surface area contributed by atoms with Crippen LogP contribution in [0.4, 0.5) is 0 Å². The van der Waals surface area contributed by atoms with Crippen molar-refractivity contribution in [3.63, 3.8) is 0 Å². The van der Waals surface area contributed by atoms with Gasteiger partial charge in [0, 0.05) is 5.56 Å². The van der Waals surface area contributed by atoms with Gasteiger partial charge in [-0.1, -0.05) is 48.5 Å². The van der Waals surface area contributed by atoms with Crippen molar-refractivity contribution in [3.8, 4) is 0 Å². The Hall–Kier alpha value is -2.88. The molecule has 0 fully saturated rings. The van der Waals surface area contributed by atoms with E-state index in [2.05, 4.69) is 5.32 Å². The minimum Gasteiger partial charge on any atom is -0.464 e. The van der Waals surface area contributed by atoms with Gasteiger partial charge in [0.05, 0.1) is 7.11 Å². The molecule has 0 spiro atoms. The van der Waals surface area contributed by atoms with Crippen LogP contribution in [0.5, 0.6) is 0 Å². The third-order valence-corrected chi connectivity index (χ3v) is 3.25. The van der Waals surface area contributed by atoms with Crippen molar-refractivity contribution < 1.29 is 14.3 Å². The van der Waals surface area contributed by atoms with Crippen LogP contribution in [0.1, 0.15) is 22.8 Å². The molecule has 2 rings (SSSR count). The quantitative estimate of drug-likeness (QED) is 0.697. The molecule has 0 heterocycles. The molecule has 0 aliphatic carbocycles. The van der Waals surface area contributed by atoms with E-state index in [0.29, 0.717) is 11.1 Å². The summed E-state index contributed by atoms with van der Waals surface area (Å²) in [4.78, 5) is 24.3. The van der Waals surface area contributed by atoms with Crippen molar-refractivity contribution in [1.29, 1.82) is 0 Å². The van der Waals surface area contributed by atoms with Gasteiger partial charge in [-0.2, -0.15) is 0 Å². The maximum atomic E-state index is 12.3. The van der Waals surface area contributed by atoms with Gasteiger partial charge in [-0.05, 0) is 30.2 Å². The van der Waals surface area contributed by atoms with Gasteiger partial charge in [0.25, 0.3) is 5.91 Å². The molecule has 0 aromatic heterocycles.